The van der Waals surface area contributed by atoms with Crippen LogP contribution in [0.25, 0.3) is 10.2 Å². The number of thiazole rings is 1. The van der Waals surface area contributed by atoms with E-state index in [1.807, 2.05) is 56.3 Å². The third-order valence-electron chi connectivity index (χ3n) is 5.91. The van der Waals surface area contributed by atoms with Gasteiger partial charge in [-0.1, -0.05) is 59.3 Å². The summed E-state index contributed by atoms with van der Waals surface area (Å²) in [5.74, 6) is 0.678. The molecule has 0 aliphatic carbocycles. The molecule has 1 aliphatic heterocycles. The zero-order valence-corrected chi connectivity index (χ0v) is 21.0. The van der Waals surface area contributed by atoms with Crippen LogP contribution in [0.5, 0.6) is 5.75 Å². The molecule has 4 aromatic rings. The van der Waals surface area contributed by atoms with Gasteiger partial charge in [0.15, 0.2) is 0 Å². The van der Waals surface area contributed by atoms with Gasteiger partial charge >= 0.3 is 4.87 Å². The Balaban J connectivity index is 1.48. The van der Waals surface area contributed by atoms with E-state index in [2.05, 4.69) is 4.72 Å². The average molecular weight is 515 g/mol. The van der Waals surface area contributed by atoms with Gasteiger partial charge < -0.3 is 4.74 Å². The molecule has 2 heterocycles. The molecule has 1 atom stereocenters. The van der Waals surface area contributed by atoms with Crippen LogP contribution in [0.1, 0.15) is 37.4 Å². The fourth-order valence-electron chi connectivity index (χ4n) is 4.32. The summed E-state index contributed by atoms with van der Waals surface area (Å²) in [6.45, 7) is 4.20. The smallest absolute Gasteiger partial charge is 0.308 e. The van der Waals surface area contributed by atoms with Gasteiger partial charge in [-0.2, -0.15) is 0 Å². The van der Waals surface area contributed by atoms with Crippen LogP contribution in [0.2, 0.25) is 5.02 Å². The van der Waals surface area contributed by atoms with E-state index < -0.39 is 21.7 Å². The first-order chi connectivity index (χ1) is 16.1. The molecule has 3 aromatic carbocycles. The predicted octanol–water partition coefficient (Wildman–Crippen LogP) is 5.35. The summed E-state index contributed by atoms with van der Waals surface area (Å²) in [4.78, 5) is 12.6. The minimum atomic E-state index is -3.84. The fraction of sp³-hybridized carbons (Fsp3) is 0.240. The summed E-state index contributed by atoms with van der Waals surface area (Å²) in [6, 6.07) is 19.2. The van der Waals surface area contributed by atoms with Crippen molar-refractivity contribution in [3.8, 4) is 5.75 Å². The SMILES string of the molecule is CC1(C)C[C@H](NS(=O)(=O)c2ccc3c(c2)sc(=O)n3Cc2ccccc2Cl)c2ccccc2O1. The Bertz CT molecular complexity index is 1560. The molecule has 6 nitrogen and oxygen atoms in total. The minimum absolute atomic E-state index is 0.118. The zero-order chi connectivity index (χ0) is 24.1. The highest BCUT2D eigenvalue weighted by Crippen LogP contribution is 2.40. The van der Waals surface area contributed by atoms with Crippen molar-refractivity contribution >= 4 is 43.2 Å². The minimum Gasteiger partial charge on any atom is -0.487 e. The second kappa shape index (κ2) is 8.53. The number of sulfonamides is 1. The lowest BCUT2D eigenvalue weighted by molar-refractivity contribution is 0.0702. The first-order valence-electron chi connectivity index (χ1n) is 10.8. The van der Waals surface area contributed by atoms with Crippen molar-refractivity contribution in [1.82, 2.24) is 9.29 Å². The number of ether oxygens (including phenoxy) is 1. The monoisotopic (exact) mass is 514 g/mol. The maximum Gasteiger partial charge on any atom is 0.308 e. The first kappa shape index (κ1) is 23.1. The fourth-order valence-corrected chi connectivity index (χ4v) is 6.76. The molecule has 5 rings (SSSR count). The van der Waals surface area contributed by atoms with Gasteiger partial charge in [-0.05, 0) is 49.7 Å². The van der Waals surface area contributed by atoms with Crippen molar-refractivity contribution in [2.24, 2.45) is 0 Å². The van der Waals surface area contributed by atoms with Crippen molar-refractivity contribution in [2.75, 3.05) is 0 Å². The number of halogens is 1. The largest absolute Gasteiger partial charge is 0.487 e. The van der Waals surface area contributed by atoms with Crippen molar-refractivity contribution in [3.63, 3.8) is 0 Å². The first-order valence-corrected chi connectivity index (χ1v) is 13.5. The number of fused-ring (bicyclic) bond motifs is 2. The van der Waals surface area contributed by atoms with Crippen molar-refractivity contribution < 1.29 is 13.2 Å². The Labute approximate surface area is 206 Å². The molecule has 0 fully saturated rings. The Morgan fingerprint density at radius 2 is 1.85 bits per heavy atom. The van der Waals surface area contributed by atoms with Gasteiger partial charge in [-0.3, -0.25) is 9.36 Å². The van der Waals surface area contributed by atoms with E-state index in [0.29, 0.717) is 34.0 Å². The molecular weight excluding hydrogens is 492 g/mol. The maximum atomic E-state index is 13.3. The van der Waals surface area contributed by atoms with Gasteiger partial charge in [-0.25, -0.2) is 13.1 Å². The molecule has 1 aliphatic rings. The van der Waals surface area contributed by atoms with Crippen LogP contribution in [-0.2, 0) is 16.6 Å². The number of hydrogen-bond donors (Lipinski definition) is 1. The average Bonchev–Trinajstić information content (AvgIpc) is 3.08. The number of nitrogens with zero attached hydrogens (tertiary/aromatic N) is 1. The molecule has 9 heteroatoms. The second-order valence-corrected chi connectivity index (χ2v) is 12.1. The highest BCUT2D eigenvalue weighted by atomic mass is 35.5. The van der Waals surface area contributed by atoms with Crippen LogP contribution in [0.15, 0.2) is 76.4 Å². The summed E-state index contributed by atoms with van der Waals surface area (Å²) in [5, 5.41) is 0.580. The lowest BCUT2D eigenvalue weighted by atomic mass is 9.90. The number of para-hydroxylation sites is 1. The summed E-state index contributed by atoms with van der Waals surface area (Å²) >= 11 is 7.29. The Morgan fingerprint density at radius 3 is 2.65 bits per heavy atom. The Hall–Kier alpha value is -2.65. The molecule has 0 saturated carbocycles. The lowest BCUT2D eigenvalue weighted by Gasteiger charge is -2.37. The van der Waals surface area contributed by atoms with E-state index in [9.17, 15) is 13.2 Å². The Kier molecular flexibility index (Phi) is 5.80. The molecule has 176 valence electrons. The molecular formula is C25H23ClN2O4S2. The zero-order valence-electron chi connectivity index (χ0n) is 18.6. The summed E-state index contributed by atoms with van der Waals surface area (Å²) in [7, 11) is -3.84. The van der Waals surface area contributed by atoms with E-state index in [1.54, 1.807) is 22.8 Å². The molecule has 0 bridgehead atoms. The predicted molar refractivity (Wildman–Crippen MR) is 135 cm³/mol. The number of hydrogen-bond acceptors (Lipinski definition) is 5. The highest BCUT2D eigenvalue weighted by Gasteiger charge is 2.36. The molecule has 1 N–H and O–H groups in total. The number of nitrogens with one attached hydrogen (secondary N) is 1. The van der Waals surface area contributed by atoms with Crippen molar-refractivity contribution in [1.29, 1.82) is 0 Å². The van der Waals surface area contributed by atoms with E-state index >= 15 is 0 Å². The van der Waals surface area contributed by atoms with Gasteiger partial charge in [0.25, 0.3) is 0 Å². The topological polar surface area (TPSA) is 77.4 Å². The van der Waals surface area contributed by atoms with Crippen LogP contribution >= 0.6 is 22.9 Å². The number of rotatable bonds is 5. The quantitative estimate of drug-likeness (QED) is 0.389. The van der Waals surface area contributed by atoms with Crippen molar-refractivity contribution in [2.45, 2.75) is 43.4 Å². The second-order valence-electron chi connectivity index (χ2n) is 8.95. The van der Waals surface area contributed by atoms with Gasteiger partial charge in [0.05, 0.1) is 27.7 Å². The third kappa shape index (κ3) is 4.38. The third-order valence-corrected chi connectivity index (χ3v) is 8.69. The maximum absolute atomic E-state index is 13.3. The van der Waals surface area contributed by atoms with E-state index in [4.69, 9.17) is 16.3 Å². The van der Waals surface area contributed by atoms with E-state index in [-0.39, 0.29) is 9.77 Å². The summed E-state index contributed by atoms with van der Waals surface area (Å²) in [6.07, 6.45) is 0.493. The van der Waals surface area contributed by atoms with Crippen LogP contribution in [-0.4, -0.2) is 18.6 Å². The Morgan fingerprint density at radius 1 is 1.12 bits per heavy atom. The number of benzene rings is 3. The van der Waals surface area contributed by atoms with Crippen LogP contribution < -0.4 is 14.3 Å². The van der Waals surface area contributed by atoms with Gasteiger partial charge in [0.1, 0.15) is 11.4 Å². The van der Waals surface area contributed by atoms with E-state index in [1.165, 1.54) is 6.07 Å². The standard InChI is InChI=1S/C25H23ClN2O4S2/c1-25(2)14-20(18-8-4-6-10-22(18)32-25)27-34(30,31)17-11-12-21-23(13-17)33-24(29)28(21)15-16-7-3-5-9-19(16)26/h3-13,20,27H,14-15H2,1-2H3/t20-/m0/s1. The van der Waals surface area contributed by atoms with Crippen LogP contribution in [0.4, 0.5) is 0 Å². The van der Waals surface area contributed by atoms with E-state index in [0.717, 1.165) is 22.5 Å². The van der Waals surface area contributed by atoms with Crippen LogP contribution in [0.3, 0.4) is 0 Å². The molecule has 34 heavy (non-hydrogen) atoms. The summed E-state index contributed by atoms with van der Waals surface area (Å²) in [5.41, 5.74) is 1.79. The summed E-state index contributed by atoms with van der Waals surface area (Å²) < 4.78 is 37.8. The van der Waals surface area contributed by atoms with Crippen LogP contribution in [0, 0.1) is 0 Å². The lowest BCUT2D eigenvalue weighted by Crippen LogP contribution is -2.41. The molecule has 1 aromatic heterocycles. The van der Waals surface area contributed by atoms with Gasteiger partial charge in [0, 0.05) is 17.0 Å². The normalized spacial score (nSPS) is 17.3. The van der Waals surface area contributed by atoms with Gasteiger partial charge in [-0.15, -0.1) is 0 Å². The molecule has 0 spiro atoms. The van der Waals surface area contributed by atoms with Gasteiger partial charge in [0.2, 0.25) is 10.0 Å². The van der Waals surface area contributed by atoms with Crippen molar-refractivity contribution in [3.05, 3.63) is 92.5 Å². The number of aromatic nitrogens is 1. The molecule has 0 radical (unpaired) electrons. The molecule has 0 saturated heterocycles. The molecule has 0 amide bonds. The highest BCUT2D eigenvalue weighted by molar-refractivity contribution is 7.89. The molecule has 0 unspecified atom stereocenters.